The molecule has 0 aliphatic carbocycles. The van der Waals surface area contributed by atoms with Gasteiger partial charge in [0.2, 0.25) is 5.91 Å². The van der Waals surface area contributed by atoms with E-state index in [4.69, 9.17) is 5.73 Å². The highest BCUT2D eigenvalue weighted by Gasteiger charge is 2.39. The van der Waals surface area contributed by atoms with Crippen LogP contribution in [0.3, 0.4) is 0 Å². The van der Waals surface area contributed by atoms with Gasteiger partial charge in [-0.2, -0.15) is 0 Å². The molecule has 116 valence electrons. The van der Waals surface area contributed by atoms with Gasteiger partial charge >= 0.3 is 0 Å². The predicted molar refractivity (Wildman–Crippen MR) is 85.3 cm³/mol. The molecule has 1 saturated heterocycles. The molecule has 1 aromatic carbocycles. The first-order valence-corrected chi connectivity index (χ1v) is 8.04. The molecule has 1 aromatic rings. The lowest BCUT2D eigenvalue weighted by atomic mass is 9.92. The van der Waals surface area contributed by atoms with Gasteiger partial charge < -0.3 is 10.6 Å². The molecular formula is C16H22BrFN2O. The van der Waals surface area contributed by atoms with Crippen LogP contribution < -0.4 is 5.73 Å². The average Bonchev–Trinajstić information content (AvgIpc) is 2.51. The number of hydrogen-bond acceptors (Lipinski definition) is 2. The van der Waals surface area contributed by atoms with Crippen LogP contribution >= 0.6 is 15.9 Å². The zero-order valence-corrected chi connectivity index (χ0v) is 14.3. The van der Waals surface area contributed by atoms with Crippen LogP contribution in [0, 0.1) is 5.82 Å². The highest BCUT2D eigenvalue weighted by atomic mass is 79.9. The molecule has 1 aliphatic heterocycles. The third kappa shape index (κ3) is 3.46. The van der Waals surface area contributed by atoms with Gasteiger partial charge in [0.15, 0.2) is 0 Å². The van der Waals surface area contributed by atoms with E-state index >= 15 is 0 Å². The second-order valence-electron chi connectivity index (χ2n) is 6.60. The van der Waals surface area contributed by atoms with Gasteiger partial charge in [0.25, 0.3) is 0 Å². The van der Waals surface area contributed by atoms with Gasteiger partial charge in [-0.3, -0.25) is 4.79 Å². The molecule has 0 radical (unpaired) electrons. The van der Waals surface area contributed by atoms with Crippen molar-refractivity contribution in [2.24, 2.45) is 5.73 Å². The number of carbonyl (C=O) groups is 1. The third-order valence-electron chi connectivity index (χ3n) is 3.88. The number of nitrogens with zero attached hydrogens (tertiary/aromatic N) is 1. The minimum absolute atomic E-state index is 0.0802. The van der Waals surface area contributed by atoms with Crippen molar-refractivity contribution in [3.05, 3.63) is 34.1 Å². The largest absolute Gasteiger partial charge is 0.329 e. The first-order valence-electron chi connectivity index (χ1n) is 7.24. The van der Waals surface area contributed by atoms with Crippen molar-refractivity contribution >= 4 is 21.8 Å². The van der Waals surface area contributed by atoms with Gasteiger partial charge in [-0.05, 0) is 57.4 Å². The fourth-order valence-corrected chi connectivity index (χ4v) is 3.50. The highest BCUT2D eigenvalue weighted by Crippen LogP contribution is 2.38. The lowest BCUT2D eigenvalue weighted by Crippen LogP contribution is -2.51. The fraction of sp³-hybridized carbons (Fsp3) is 0.562. The van der Waals surface area contributed by atoms with Crippen molar-refractivity contribution in [2.75, 3.05) is 0 Å². The predicted octanol–water partition coefficient (Wildman–Crippen LogP) is 3.77. The summed E-state index contributed by atoms with van der Waals surface area (Å²) in [6, 6.07) is 4.04. The van der Waals surface area contributed by atoms with Crippen LogP contribution in [0.4, 0.5) is 4.39 Å². The van der Waals surface area contributed by atoms with Crippen molar-refractivity contribution in [2.45, 2.75) is 57.7 Å². The zero-order valence-electron chi connectivity index (χ0n) is 12.7. The van der Waals surface area contributed by atoms with E-state index in [9.17, 15) is 9.18 Å². The van der Waals surface area contributed by atoms with Crippen LogP contribution in [0.5, 0.6) is 0 Å². The number of rotatable bonds is 1. The van der Waals surface area contributed by atoms with E-state index in [-0.39, 0.29) is 29.3 Å². The van der Waals surface area contributed by atoms with Crippen molar-refractivity contribution in [3.63, 3.8) is 0 Å². The molecule has 1 heterocycles. The maximum atomic E-state index is 13.7. The second-order valence-corrected chi connectivity index (χ2v) is 7.46. The van der Waals surface area contributed by atoms with Crippen LogP contribution in [0.2, 0.25) is 0 Å². The lowest BCUT2D eigenvalue weighted by molar-refractivity contribution is -0.139. The van der Waals surface area contributed by atoms with Crippen molar-refractivity contribution in [3.8, 4) is 0 Å². The molecule has 2 rings (SSSR count). The molecule has 5 heteroatoms. The van der Waals surface area contributed by atoms with Gasteiger partial charge in [0, 0.05) is 22.5 Å². The highest BCUT2D eigenvalue weighted by molar-refractivity contribution is 9.10. The molecule has 2 N–H and O–H groups in total. The first-order chi connectivity index (χ1) is 9.71. The summed E-state index contributed by atoms with van der Waals surface area (Å²) in [5, 5.41) is 0. The molecule has 1 amide bonds. The molecule has 0 saturated carbocycles. The number of hydrogen-bond donors (Lipinski definition) is 1. The summed E-state index contributed by atoms with van der Waals surface area (Å²) in [5.41, 5.74) is 6.72. The number of halogens is 2. The van der Waals surface area contributed by atoms with E-state index in [1.165, 1.54) is 12.1 Å². The Bertz CT molecular complexity index is 542. The Balaban J connectivity index is 2.57. The molecule has 1 fully saturated rings. The van der Waals surface area contributed by atoms with E-state index in [1.807, 2.05) is 25.7 Å². The summed E-state index contributed by atoms with van der Waals surface area (Å²) in [7, 11) is 0. The van der Waals surface area contributed by atoms with Gasteiger partial charge in [-0.25, -0.2) is 4.39 Å². The molecule has 0 aromatic heterocycles. The zero-order chi connectivity index (χ0) is 15.8. The van der Waals surface area contributed by atoms with E-state index in [0.717, 1.165) is 22.9 Å². The Hall–Kier alpha value is -0.940. The molecular weight excluding hydrogens is 335 g/mol. The molecule has 1 aliphatic rings. The normalized spacial score (nSPS) is 24.1. The second kappa shape index (κ2) is 6.05. The molecule has 2 atom stereocenters. The summed E-state index contributed by atoms with van der Waals surface area (Å²) < 4.78 is 14.5. The molecule has 2 unspecified atom stereocenters. The Morgan fingerprint density at radius 2 is 2.05 bits per heavy atom. The number of carbonyl (C=O) groups excluding carboxylic acids is 1. The maximum Gasteiger partial charge on any atom is 0.223 e. The Labute approximate surface area is 133 Å². The van der Waals surface area contributed by atoms with E-state index < -0.39 is 0 Å². The summed E-state index contributed by atoms with van der Waals surface area (Å²) >= 11 is 3.47. The minimum atomic E-state index is -0.366. The third-order valence-corrected chi connectivity index (χ3v) is 4.60. The first kappa shape index (κ1) is 16.4. The molecule has 21 heavy (non-hydrogen) atoms. The smallest absolute Gasteiger partial charge is 0.223 e. The molecule has 0 spiro atoms. The number of nitrogens with two attached hydrogens (primary N) is 1. The van der Waals surface area contributed by atoms with Crippen LogP contribution in [-0.2, 0) is 4.79 Å². The quantitative estimate of drug-likeness (QED) is 0.832. The average molecular weight is 357 g/mol. The number of likely N-dealkylation sites (tertiary alicyclic amines) is 1. The Kier molecular flexibility index (Phi) is 4.73. The minimum Gasteiger partial charge on any atom is -0.329 e. The van der Waals surface area contributed by atoms with Crippen LogP contribution in [0.25, 0.3) is 0 Å². The SMILES string of the molecule is CC(C)(C)N1C(=O)CCCC(N)C1c1cc(F)ccc1Br. The van der Waals surface area contributed by atoms with Crippen molar-refractivity contribution in [1.82, 2.24) is 4.90 Å². The number of amides is 1. The van der Waals surface area contributed by atoms with Gasteiger partial charge in [0.05, 0.1) is 6.04 Å². The van der Waals surface area contributed by atoms with E-state index in [2.05, 4.69) is 15.9 Å². The van der Waals surface area contributed by atoms with Crippen LogP contribution in [0.1, 0.15) is 51.6 Å². The molecule has 0 bridgehead atoms. The van der Waals surface area contributed by atoms with Crippen LogP contribution in [0.15, 0.2) is 22.7 Å². The van der Waals surface area contributed by atoms with Gasteiger partial charge in [-0.1, -0.05) is 15.9 Å². The maximum absolute atomic E-state index is 13.7. The van der Waals surface area contributed by atoms with Crippen LogP contribution in [-0.4, -0.2) is 22.4 Å². The summed E-state index contributed by atoms with van der Waals surface area (Å²) in [6.07, 6.45) is 2.02. The van der Waals surface area contributed by atoms with Gasteiger partial charge in [-0.15, -0.1) is 0 Å². The number of benzene rings is 1. The fourth-order valence-electron chi connectivity index (χ4n) is 3.02. The standard InChI is InChI=1S/C16H22BrFN2O/c1-16(2,3)20-14(21)6-4-5-13(19)15(20)11-9-10(18)7-8-12(11)17/h7-9,13,15H,4-6,19H2,1-3H3. The summed E-state index contributed by atoms with van der Waals surface area (Å²) in [5.74, 6) is -0.234. The Morgan fingerprint density at radius 3 is 2.67 bits per heavy atom. The Morgan fingerprint density at radius 1 is 1.38 bits per heavy atom. The monoisotopic (exact) mass is 356 g/mol. The van der Waals surface area contributed by atoms with Crippen molar-refractivity contribution < 1.29 is 9.18 Å². The van der Waals surface area contributed by atoms with Crippen molar-refractivity contribution in [1.29, 1.82) is 0 Å². The molecule has 3 nitrogen and oxygen atoms in total. The summed E-state index contributed by atoms with van der Waals surface area (Å²) in [6.45, 7) is 5.97. The van der Waals surface area contributed by atoms with Gasteiger partial charge in [0.1, 0.15) is 5.82 Å². The van der Waals surface area contributed by atoms with E-state index in [1.54, 1.807) is 6.07 Å². The topological polar surface area (TPSA) is 46.3 Å². The lowest BCUT2D eigenvalue weighted by Gasteiger charge is -2.43. The summed E-state index contributed by atoms with van der Waals surface area (Å²) in [4.78, 5) is 14.4. The van der Waals surface area contributed by atoms with E-state index in [0.29, 0.717) is 6.42 Å².